The summed E-state index contributed by atoms with van der Waals surface area (Å²) in [6, 6.07) is 0.0213. The number of hydrogen-bond acceptors (Lipinski definition) is 2. The average molecular weight is 262 g/mol. The second kappa shape index (κ2) is 3.97. The zero-order chi connectivity index (χ0) is 13.0. The van der Waals surface area contributed by atoms with Gasteiger partial charge in [-0.3, -0.25) is 9.59 Å². The summed E-state index contributed by atoms with van der Waals surface area (Å²) >= 11 is 0. The molecule has 0 radical (unpaired) electrons. The number of rotatable bonds is 2. The number of amides is 2. The molecule has 5 aliphatic rings. The molecule has 0 aromatic heterocycles. The maximum Gasteiger partial charge on any atom is 0.226 e. The first kappa shape index (κ1) is 11.7. The molecule has 2 amide bonds. The molecule has 0 aromatic carbocycles. The highest BCUT2D eigenvalue weighted by molar-refractivity contribution is 5.85. The fourth-order valence-corrected chi connectivity index (χ4v) is 5.43. The van der Waals surface area contributed by atoms with Crippen molar-refractivity contribution in [2.24, 2.45) is 23.2 Å². The first-order valence-corrected chi connectivity index (χ1v) is 7.71. The van der Waals surface area contributed by atoms with Crippen molar-refractivity contribution in [2.45, 2.75) is 51.0 Å². The minimum absolute atomic E-state index is 0.0213. The first-order chi connectivity index (χ1) is 9.13. The van der Waals surface area contributed by atoms with E-state index in [4.69, 9.17) is 0 Å². The second-order valence-corrected chi connectivity index (χ2v) is 7.38. The predicted molar refractivity (Wildman–Crippen MR) is 70.2 cm³/mol. The molecule has 5 fully saturated rings. The van der Waals surface area contributed by atoms with E-state index >= 15 is 0 Å². The standard InChI is InChI=1S/C15H22N2O2/c18-13-4-12(8-16-13)17-14(19)15-5-9-1-10(6-15)3-11(2-9)7-15/h9-12H,1-8H2,(H,16,18)(H,17,19)/t9?,10?,11?,12-,15?/m1/s1. The van der Waals surface area contributed by atoms with E-state index in [2.05, 4.69) is 10.6 Å². The molecule has 1 aliphatic heterocycles. The second-order valence-electron chi connectivity index (χ2n) is 7.38. The molecular weight excluding hydrogens is 240 g/mol. The van der Waals surface area contributed by atoms with Gasteiger partial charge in [0, 0.05) is 18.4 Å². The molecule has 1 atom stereocenters. The Morgan fingerprint density at radius 2 is 1.68 bits per heavy atom. The Morgan fingerprint density at radius 3 is 2.16 bits per heavy atom. The summed E-state index contributed by atoms with van der Waals surface area (Å²) in [5.41, 5.74) is -0.0829. The Bertz CT molecular complexity index is 397. The molecule has 0 unspecified atom stereocenters. The molecular formula is C15H22N2O2. The smallest absolute Gasteiger partial charge is 0.226 e. The Balaban J connectivity index is 1.49. The van der Waals surface area contributed by atoms with Gasteiger partial charge in [-0.25, -0.2) is 0 Å². The van der Waals surface area contributed by atoms with Crippen molar-refractivity contribution in [3.63, 3.8) is 0 Å². The van der Waals surface area contributed by atoms with Crippen molar-refractivity contribution in [3.8, 4) is 0 Å². The van der Waals surface area contributed by atoms with Crippen LogP contribution in [0.2, 0.25) is 0 Å². The van der Waals surface area contributed by atoms with Gasteiger partial charge < -0.3 is 10.6 Å². The van der Waals surface area contributed by atoms with E-state index < -0.39 is 0 Å². The van der Waals surface area contributed by atoms with Crippen LogP contribution < -0.4 is 10.6 Å². The summed E-state index contributed by atoms with van der Waals surface area (Å²) in [7, 11) is 0. The molecule has 19 heavy (non-hydrogen) atoms. The fraction of sp³-hybridized carbons (Fsp3) is 0.867. The maximum absolute atomic E-state index is 12.7. The number of carbonyl (C=O) groups is 2. The molecule has 5 rings (SSSR count). The van der Waals surface area contributed by atoms with Gasteiger partial charge in [0.2, 0.25) is 11.8 Å². The maximum atomic E-state index is 12.7. The van der Waals surface area contributed by atoms with Gasteiger partial charge in [-0.15, -0.1) is 0 Å². The van der Waals surface area contributed by atoms with E-state index in [1.54, 1.807) is 0 Å². The van der Waals surface area contributed by atoms with Gasteiger partial charge in [0.15, 0.2) is 0 Å². The van der Waals surface area contributed by atoms with Gasteiger partial charge in [-0.05, 0) is 56.3 Å². The highest BCUT2D eigenvalue weighted by atomic mass is 16.2. The molecule has 0 spiro atoms. The lowest BCUT2D eigenvalue weighted by Gasteiger charge is -2.55. The van der Waals surface area contributed by atoms with Gasteiger partial charge in [0.25, 0.3) is 0 Å². The average Bonchev–Trinajstić information content (AvgIpc) is 2.73. The summed E-state index contributed by atoms with van der Waals surface area (Å²) in [4.78, 5) is 23.9. The monoisotopic (exact) mass is 262 g/mol. The minimum atomic E-state index is -0.0829. The normalized spacial score (nSPS) is 47.3. The molecule has 4 saturated carbocycles. The third-order valence-electron chi connectivity index (χ3n) is 5.83. The molecule has 4 nitrogen and oxygen atoms in total. The van der Waals surface area contributed by atoms with E-state index in [-0.39, 0.29) is 23.3 Å². The van der Waals surface area contributed by atoms with Crippen LogP contribution in [0.5, 0.6) is 0 Å². The Hall–Kier alpha value is -1.06. The van der Waals surface area contributed by atoms with Gasteiger partial charge in [0.1, 0.15) is 0 Å². The Labute approximate surface area is 113 Å². The lowest BCUT2D eigenvalue weighted by Crippen LogP contribution is -2.55. The third-order valence-corrected chi connectivity index (χ3v) is 5.83. The molecule has 104 valence electrons. The van der Waals surface area contributed by atoms with E-state index in [0.717, 1.165) is 37.0 Å². The number of hydrogen-bond donors (Lipinski definition) is 2. The van der Waals surface area contributed by atoms with Crippen molar-refractivity contribution >= 4 is 11.8 Å². The summed E-state index contributed by atoms with van der Waals surface area (Å²) < 4.78 is 0. The fourth-order valence-electron chi connectivity index (χ4n) is 5.43. The van der Waals surface area contributed by atoms with Gasteiger partial charge in [0.05, 0.1) is 6.04 Å². The van der Waals surface area contributed by atoms with Crippen molar-refractivity contribution in [1.29, 1.82) is 0 Å². The molecule has 2 N–H and O–H groups in total. The Morgan fingerprint density at radius 1 is 1.11 bits per heavy atom. The quantitative estimate of drug-likeness (QED) is 0.786. The van der Waals surface area contributed by atoms with Crippen LogP contribution in [-0.4, -0.2) is 24.4 Å². The molecule has 0 aromatic rings. The van der Waals surface area contributed by atoms with Crippen LogP contribution >= 0.6 is 0 Å². The minimum Gasteiger partial charge on any atom is -0.354 e. The van der Waals surface area contributed by atoms with Crippen molar-refractivity contribution < 1.29 is 9.59 Å². The lowest BCUT2D eigenvalue weighted by atomic mass is 9.49. The van der Waals surface area contributed by atoms with Gasteiger partial charge in [-0.2, -0.15) is 0 Å². The van der Waals surface area contributed by atoms with Crippen molar-refractivity contribution in [2.75, 3.05) is 6.54 Å². The lowest BCUT2D eigenvalue weighted by molar-refractivity contribution is -0.146. The van der Waals surface area contributed by atoms with Crippen LogP contribution in [-0.2, 0) is 9.59 Å². The summed E-state index contributed by atoms with van der Waals surface area (Å²) in [6.45, 7) is 0.608. The predicted octanol–water partition coefficient (Wildman–Crippen LogP) is 1.21. The van der Waals surface area contributed by atoms with E-state index in [9.17, 15) is 9.59 Å². The molecule has 4 bridgehead atoms. The molecule has 1 heterocycles. The summed E-state index contributed by atoms with van der Waals surface area (Å²) in [5, 5.41) is 5.94. The highest BCUT2D eigenvalue weighted by Gasteiger charge is 2.54. The summed E-state index contributed by atoms with van der Waals surface area (Å²) in [5.74, 6) is 2.69. The third kappa shape index (κ3) is 1.87. The zero-order valence-electron chi connectivity index (χ0n) is 11.3. The van der Waals surface area contributed by atoms with Crippen molar-refractivity contribution in [3.05, 3.63) is 0 Å². The van der Waals surface area contributed by atoms with E-state index in [1.807, 2.05) is 0 Å². The zero-order valence-corrected chi connectivity index (χ0v) is 11.3. The summed E-state index contributed by atoms with van der Waals surface area (Å²) in [6.07, 6.45) is 7.82. The highest BCUT2D eigenvalue weighted by Crippen LogP contribution is 2.60. The first-order valence-electron chi connectivity index (χ1n) is 7.71. The van der Waals surface area contributed by atoms with Gasteiger partial charge in [-0.1, -0.05) is 0 Å². The number of nitrogens with one attached hydrogen (secondary N) is 2. The largest absolute Gasteiger partial charge is 0.354 e. The van der Waals surface area contributed by atoms with Crippen LogP contribution in [0.4, 0.5) is 0 Å². The van der Waals surface area contributed by atoms with Crippen LogP contribution in [0.15, 0.2) is 0 Å². The van der Waals surface area contributed by atoms with E-state index in [0.29, 0.717) is 13.0 Å². The topological polar surface area (TPSA) is 58.2 Å². The van der Waals surface area contributed by atoms with E-state index in [1.165, 1.54) is 19.3 Å². The molecule has 1 saturated heterocycles. The Kier molecular flexibility index (Phi) is 2.45. The van der Waals surface area contributed by atoms with Crippen LogP contribution in [0.3, 0.4) is 0 Å². The van der Waals surface area contributed by atoms with Crippen molar-refractivity contribution in [1.82, 2.24) is 10.6 Å². The molecule has 4 heteroatoms. The SMILES string of the molecule is O=C1C[C@@H](NC(=O)C23CC4CC(CC(C4)C2)C3)CN1. The van der Waals surface area contributed by atoms with Crippen LogP contribution in [0.1, 0.15) is 44.9 Å². The number of carbonyl (C=O) groups excluding carboxylic acids is 2. The molecule has 4 aliphatic carbocycles. The van der Waals surface area contributed by atoms with Crippen LogP contribution in [0, 0.1) is 23.2 Å². The van der Waals surface area contributed by atoms with Gasteiger partial charge >= 0.3 is 0 Å². The van der Waals surface area contributed by atoms with Crippen LogP contribution in [0.25, 0.3) is 0 Å².